The number of halogens is 1. The van der Waals surface area contributed by atoms with Crippen LogP contribution in [0.1, 0.15) is 37.0 Å². The smallest absolute Gasteiger partial charge is 0.244 e. The van der Waals surface area contributed by atoms with Gasteiger partial charge in [-0.05, 0) is 68.1 Å². The topological polar surface area (TPSA) is 86.8 Å². The van der Waals surface area contributed by atoms with Gasteiger partial charge in [-0.25, -0.2) is 8.42 Å². The molecule has 0 aliphatic rings. The number of hydrogen-bond acceptors (Lipinski definition) is 4. The van der Waals surface area contributed by atoms with E-state index in [-0.39, 0.29) is 12.5 Å². The van der Waals surface area contributed by atoms with Crippen LogP contribution in [0.15, 0.2) is 46.9 Å². The van der Waals surface area contributed by atoms with E-state index in [1.165, 1.54) is 4.90 Å². The Bertz CT molecular complexity index is 1100. The third-order valence-electron chi connectivity index (χ3n) is 5.42. The normalized spacial score (nSPS) is 12.2. The maximum Gasteiger partial charge on any atom is 0.244 e. The molecule has 0 radical (unpaired) electrons. The third kappa shape index (κ3) is 7.57. The summed E-state index contributed by atoms with van der Waals surface area (Å²) in [6.07, 6.45) is 1.85. The van der Waals surface area contributed by atoms with Gasteiger partial charge in [-0.15, -0.1) is 0 Å². The first kappa shape index (κ1) is 26.9. The lowest BCUT2D eigenvalue weighted by atomic mass is 10.1. The largest absolute Gasteiger partial charge is 0.354 e. The van der Waals surface area contributed by atoms with Gasteiger partial charge in [0, 0.05) is 17.6 Å². The summed E-state index contributed by atoms with van der Waals surface area (Å²) >= 11 is 3.43. The Morgan fingerprint density at radius 3 is 2.36 bits per heavy atom. The molecule has 1 N–H and O–H groups in total. The van der Waals surface area contributed by atoms with Crippen molar-refractivity contribution in [2.24, 2.45) is 0 Å². The highest BCUT2D eigenvalue weighted by Crippen LogP contribution is 2.22. The summed E-state index contributed by atoms with van der Waals surface area (Å²) in [7, 11) is -3.74. The summed E-state index contributed by atoms with van der Waals surface area (Å²) in [5.41, 5.74) is 3.19. The molecule has 0 heterocycles. The highest BCUT2D eigenvalue weighted by molar-refractivity contribution is 9.10. The van der Waals surface area contributed by atoms with E-state index in [0.717, 1.165) is 38.1 Å². The fourth-order valence-electron chi connectivity index (χ4n) is 3.30. The Labute approximate surface area is 205 Å². The van der Waals surface area contributed by atoms with E-state index in [2.05, 4.69) is 21.2 Å². The van der Waals surface area contributed by atoms with Crippen molar-refractivity contribution in [3.63, 3.8) is 0 Å². The van der Waals surface area contributed by atoms with E-state index < -0.39 is 28.5 Å². The molecule has 33 heavy (non-hydrogen) atoms. The van der Waals surface area contributed by atoms with E-state index >= 15 is 0 Å². The van der Waals surface area contributed by atoms with Gasteiger partial charge in [-0.3, -0.25) is 13.9 Å². The van der Waals surface area contributed by atoms with Crippen molar-refractivity contribution in [2.45, 2.75) is 46.7 Å². The molecule has 0 aliphatic heterocycles. The summed E-state index contributed by atoms with van der Waals surface area (Å²) in [6, 6.07) is 11.9. The molecular formula is C24H32BrN3O4S. The van der Waals surface area contributed by atoms with Gasteiger partial charge in [0.15, 0.2) is 0 Å². The highest BCUT2D eigenvalue weighted by Gasteiger charge is 2.30. The number of carbonyl (C=O) groups is 2. The molecular weight excluding hydrogens is 506 g/mol. The van der Waals surface area contributed by atoms with Crippen molar-refractivity contribution in [1.82, 2.24) is 10.2 Å². The van der Waals surface area contributed by atoms with Crippen LogP contribution in [0.3, 0.4) is 0 Å². The van der Waals surface area contributed by atoms with Crippen LogP contribution in [0.25, 0.3) is 0 Å². The molecule has 0 unspecified atom stereocenters. The molecule has 180 valence electrons. The minimum Gasteiger partial charge on any atom is -0.354 e. The SMILES string of the molecule is CCCNC(=O)[C@@H](C)N(Cc1cccc(Br)c1)C(=O)CN(c1ccc(C)c(C)c1)S(C)(=O)=O. The second kappa shape index (κ2) is 11.7. The molecule has 2 aromatic rings. The third-order valence-corrected chi connectivity index (χ3v) is 7.05. The number of aryl methyl sites for hydroxylation is 2. The molecule has 0 aliphatic carbocycles. The first-order valence-corrected chi connectivity index (χ1v) is 13.4. The Morgan fingerprint density at radius 2 is 1.79 bits per heavy atom. The zero-order chi connectivity index (χ0) is 24.8. The number of amides is 2. The number of nitrogens with one attached hydrogen (secondary N) is 1. The second-order valence-corrected chi connectivity index (χ2v) is 11.0. The number of nitrogens with zero attached hydrogens (tertiary/aromatic N) is 2. The Balaban J connectivity index is 2.39. The van der Waals surface area contributed by atoms with Crippen LogP contribution in [-0.2, 0) is 26.2 Å². The van der Waals surface area contributed by atoms with Gasteiger partial charge >= 0.3 is 0 Å². The van der Waals surface area contributed by atoms with E-state index in [9.17, 15) is 18.0 Å². The van der Waals surface area contributed by atoms with Gasteiger partial charge in [0.05, 0.1) is 11.9 Å². The standard InChI is InChI=1S/C24H32BrN3O4S/c1-6-12-26-24(30)19(4)27(15-20-8-7-9-21(25)14-20)23(29)16-28(33(5,31)32)22-11-10-17(2)18(3)13-22/h7-11,13-14,19H,6,12,15-16H2,1-5H3,(H,26,30)/t19-/m1/s1. The minimum absolute atomic E-state index is 0.170. The van der Waals surface area contributed by atoms with Crippen molar-refractivity contribution < 1.29 is 18.0 Å². The molecule has 2 rings (SSSR count). The van der Waals surface area contributed by atoms with Crippen molar-refractivity contribution >= 4 is 43.5 Å². The van der Waals surface area contributed by atoms with E-state index in [1.54, 1.807) is 19.1 Å². The monoisotopic (exact) mass is 537 g/mol. The van der Waals surface area contributed by atoms with Crippen molar-refractivity contribution in [3.8, 4) is 0 Å². The maximum atomic E-state index is 13.5. The lowest BCUT2D eigenvalue weighted by Gasteiger charge is -2.31. The van der Waals surface area contributed by atoms with Crippen molar-refractivity contribution in [3.05, 3.63) is 63.6 Å². The number of carbonyl (C=O) groups excluding carboxylic acids is 2. The van der Waals surface area contributed by atoms with Gasteiger partial charge in [0.2, 0.25) is 21.8 Å². The summed E-state index contributed by atoms with van der Waals surface area (Å²) < 4.78 is 27.1. The van der Waals surface area contributed by atoms with Gasteiger partial charge in [0.25, 0.3) is 0 Å². The van der Waals surface area contributed by atoms with Crippen LogP contribution in [0, 0.1) is 13.8 Å². The zero-order valence-corrected chi connectivity index (χ0v) is 22.2. The molecule has 2 aromatic carbocycles. The minimum atomic E-state index is -3.74. The second-order valence-electron chi connectivity index (χ2n) is 8.16. The van der Waals surface area contributed by atoms with Crippen LogP contribution < -0.4 is 9.62 Å². The number of rotatable bonds is 10. The Morgan fingerprint density at radius 1 is 1.09 bits per heavy atom. The fraction of sp³-hybridized carbons (Fsp3) is 0.417. The van der Waals surface area contributed by atoms with Crippen LogP contribution in [0.4, 0.5) is 5.69 Å². The zero-order valence-electron chi connectivity index (χ0n) is 19.8. The van der Waals surface area contributed by atoms with E-state index in [0.29, 0.717) is 12.2 Å². The molecule has 0 saturated carbocycles. The first-order valence-electron chi connectivity index (χ1n) is 10.8. The first-order chi connectivity index (χ1) is 15.4. The lowest BCUT2D eigenvalue weighted by molar-refractivity contribution is -0.139. The van der Waals surface area contributed by atoms with Crippen LogP contribution in [-0.4, -0.2) is 50.5 Å². The number of sulfonamides is 1. The van der Waals surface area contributed by atoms with Crippen LogP contribution in [0.2, 0.25) is 0 Å². The molecule has 0 aromatic heterocycles. The van der Waals surface area contributed by atoms with Crippen molar-refractivity contribution in [2.75, 3.05) is 23.7 Å². The van der Waals surface area contributed by atoms with Crippen LogP contribution in [0.5, 0.6) is 0 Å². The van der Waals surface area contributed by atoms with Crippen molar-refractivity contribution in [1.29, 1.82) is 0 Å². The fourth-order valence-corrected chi connectivity index (χ4v) is 4.59. The van der Waals surface area contributed by atoms with E-state index in [1.807, 2.05) is 51.1 Å². The molecule has 0 fully saturated rings. The molecule has 9 heteroatoms. The molecule has 0 bridgehead atoms. The predicted molar refractivity (Wildman–Crippen MR) is 136 cm³/mol. The Kier molecular flexibility index (Phi) is 9.48. The lowest BCUT2D eigenvalue weighted by Crippen LogP contribution is -2.51. The predicted octanol–water partition coefficient (Wildman–Crippen LogP) is 3.78. The molecule has 0 spiro atoms. The van der Waals surface area contributed by atoms with Gasteiger partial charge in [0.1, 0.15) is 12.6 Å². The average Bonchev–Trinajstić information content (AvgIpc) is 2.74. The number of hydrogen-bond donors (Lipinski definition) is 1. The maximum absolute atomic E-state index is 13.5. The van der Waals surface area contributed by atoms with Gasteiger partial charge in [-0.1, -0.05) is 41.1 Å². The molecule has 7 nitrogen and oxygen atoms in total. The molecule has 0 saturated heterocycles. The summed E-state index contributed by atoms with van der Waals surface area (Å²) in [6.45, 7) is 7.70. The Hall–Kier alpha value is -2.39. The number of benzene rings is 2. The molecule has 2 amide bonds. The van der Waals surface area contributed by atoms with E-state index in [4.69, 9.17) is 0 Å². The van der Waals surface area contributed by atoms with Crippen LogP contribution >= 0.6 is 15.9 Å². The summed E-state index contributed by atoms with van der Waals surface area (Å²) in [5.74, 6) is -0.741. The summed E-state index contributed by atoms with van der Waals surface area (Å²) in [4.78, 5) is 27.6. The molecule has 1 atom stereocenters. The van der Waals surface area contributed by atoms with Gasteiger partial charge < -0.3 is 10.2 Å². The average molecular weight is 539 g/mol. The number of anilines is 1. The summed E-state index contributed by atoms with van der Waals surface area (Å²) in [5, 5.41) is 2.82. The van der Waals surface area contributed by atoms with Gasteiger partial charge in [-0.2, -0.15) is 0 Å². The quantitative estimate of drug-likeness (QED) is 0.499. The highest BCUT2D eigenvalue weighted by atomic mass is 79.9.